The van der Waals surface area contributed by atoms with Crippen LogP contribution < -0.4 is 10.5 Å². The molecule has 1 fully saturated rings. The summed E-state index contributed by atoms with van der Waals surface area (Å²) in [6.45, 7) is 3.35. The van der Waals surface area contributed by atoms with Crippen molar-refractivity contribution >= 4 is 5.91 Å². The van der Waals surface area contributed by atoms with Crippen molar-refractivity contribution in [2.24, 2.45) is 11.7 Å². The molecule has 2 unspecified atom stereocenters. The molecule has 2 rings (SSSR count). The fourth-order valence-corrected chi connectivity index (χ4v) is 3.28. The maximum atomic E-state index is 12.9. The number of carbonyl (C=O) groups excluding carboxylic acids is 1. The molecular weight excluding hydrogens is 266 g/mol. The summed E-state index contributed by atoms with van der Waals surface area (Å²) in [5.41, 5.74) is 6.49. The van der Waals surface area contributed by atoms with Gasteiger partial charge in [0.1, 0.15) is 5.75 Å². The van der Waals surface area contributed by atoms with E-state index in [1.54, 1.807) is 25.6 Å². The average molecular weight is 291 g/mol. The van der Waals surface area contributed by atoms with Crippen LogP contribution in [-0.2, 0) is 0 Å². The first-order chi connectivity index (χ1) is 10.2. The van der Waals surface area contributed by atoms with E-state index in [-0.39, 0.29) is 11.9 Å². The van der Waals surface area contributed by atoms with E-state index >= 15 is 0 Å². The monoisotopic (exact) mass is 291 g/mol. The Kier molecular flexibility index (Phi) is 5.56. The van der Waals surface area contributed by atoms with Gasteiger partial charge in [-0.1, -0.05) is 12.8 Å². The fraction of sp³-hybridized carbons (Fsp3) is 0.625. The molecule has 1 heterocycles. The number of pyridine rings is 1. The van der Waals surface area contributed by atoms with Crippen molar-refractivity contribution in [3.05, 3.63) is 24.0 Å². The Morgan fingerprint density at radius 2 is 2.24 bits per heavy atom. The Morgan fingerprint density at radius 3 is 2.90 bits per heavy atom. The van der Waals surface area contributed by atoms with Crippen molar-refractivity contribution in [1.29, 1.82) is 0 Å². The molecule has 2 N–H and O–H groups in total. The molecule has 1 aromatic heterocycles. The van der Waals surface area contributed by atoms with Crippen molar-refractivity contribution in [1.82, 2.24) is 9.88 Å². The predicted octanol–water partition coefficient (Wildman–Crippen LogP) is 2.07. The van der Waals surface area contributed by atoms with Crippen LogP contribution in [0.15, 0.2) is 18.5 Å². The largest absolute Gasteiger partial charge is 0.494 e. The van der Waals surface area contributed by atoms with Gasteiger partial charge in [-0.3, -0.25) is 9.78 Å². The van der Waals surface area contributed by atoms with E-state index in [0.717, 1.165) is 12.8 Å². The zero-order chi connectivity index (χ0) is 15.2. The zero-order valence-electron chi connectivity index (χ0n) is 12.9. The smallest absolute Gasteiger partial charge is 0.257 e. The molecule has 0 aromatic carbocycles. The van der Waals surface area contributed by atoms with Crippen LogP contribution in [0.2, 0.25) is 0 Å². The third-order valence-electron chi connectivity index (χ3n) is 4.41. The summed E-state index contributed by atoms with van der Waals surface area (Å²) in [4.78, 5) is 18.9. The van der Waals surface area contributed by atoms with Gasteiger partial charge in [0.2, 0.25) is 0 Å². The van der Waals surface area contributed by atoms with Crippen molar-refractivity contribution in [2.75, 3.05) is 20.2 Å². The van der Waals surface area contributed by atoms with Crippen LogP contribution in [0.4, 0.5) is 0 Å². The molecule has 0 radical (unpaired) electrons. The number of carbonyl (C=O) groups is 1. The van der Waals surface area contributed by atoms with Gasteiger partial charge < -0.3 is 15.4 Å². The Bertz CT molecular complexity index is 478. The van der Waals surface area contributed by atoms with E-state index in [1.165, 1.54) is 12.8 Å². The van der Waals surface area contributed by atoms with Crippen molar-refractivity contribution < 1.29 is 9.53 Å². The zero-order valence-corrected chi connectivity index (χ0v) is 12.9. The van der Waals surface area contributed by atoms with Gasteiger partial charge in [0.05, 0.1) is 18.9 Å². The molecule has 0 aliphatic heterocycles. The van der Waals surface area contributed by atoms with E-state index in [4.69, 9.17) is 10.5 Å². The van der Waals surface area contributed by atoms with Gasteiger partial charge in [-0.05, 0) is 38.3 Å². The SMILES string of the molecule is CCN(C(=O)c1ccncc1OC)C1CCCCC1CN. The molecule has 5 nitrogen and oxygen atoms in total. The Balaban J connectivity index is 2.25. The number of methoxy groups -OCH3 is 1. The fourth-order valence-electron chi connectivity index (χ4n) is 3.28. The topological polar surface area (TPSA) is 68.5 Å². The van der Waals surface area contributed by atoms with E-state index in [9.17, 15) is 4.79 Å². The first-order valence-electron chi connectivity index (χ1n) is 7.72. The molecule has 0 saturated heterocycles. The summed E-state index contributed by atoms with van der Waals surface area (Å²) in [5, 5.41) is 0. The number of hydrogen-bond donors (Lipinski definition) is 1. The summed E-state index contributed by atoms with van der Waals surface area (Å²) < 4.78 is 5.27. The van der Waals surface area contributed by atoms with Gasteiger partial charge >= 0.3 is 0 Å². The number of nitrogens with zero attached hydrogens (tertiary/aromatic N) is 2. The summed E-state index contributed by atoms with van der Waals surface area (Å²) in [6.07, 6.45) is 7.74. The van der Waals surface area contributed by atoms with Gasteiger partial charge in [-0.25, -0.2) is 0 Å². The first-order valence-corrected chi connectivity index (χ1v) is 7.72. The highest BCUT2D eigenvalue weighted by molar-refractivity contribution is 5.97. The molecule has 1 aliphatic rings. The number of rotatable bonds is 5. The van der Waals surface area contributed by atoms with Crippen LogP contribution in [0.5, 0.6) is 5.75 Å². The van der Waals surface area contributed by atoms with E-state index in [2.05, 4.69) is 4.98 Å². The lowest BCUT2D eigenvalue weighted by Crippen LogP contribution is -2.48. The predicted molar refractivity (Wildman–Crippen MR) is 82.3 cm³/mol. The lowest BCUT2D eigenvalue weighted by atomic mass is 9.83. The summed E-state index contributed by atoms with van der Waals surface area (Å²) >= 11 is 0. The maximum absolute atomic E-state index is 12.9. The lowest BCUT2D eigenvalue weighted by molar-refractivity contribution is 0.0556. The van der Waals surface area contributed by atoms with Crippen LogP contribution in [0.1, 0.15) is 43.0 Å². The van der Waals surface area contributed by atoms with Crippen molar-refractivity contribution in [2.45, 2.75) is 38.6 Å². The second-order valence-electron chi connectivity index (χ2n) is 5.51. The van der Waals surface area contributed by atoms with Crippen LogP contribution in [0, 0.1) is 5.92 Å². The Hall–Kier alpha value is -1.62. The van der Waals surface area contributed by atoms with Crippen molar-refractivity contribution in [3.63, 3.8) is 0 Å². The minimum Gasteiger partial charge on any atom is -0.494 e. The van der Waals surface area contributed by atoms with E-state index < -0.39 is 0 Å². The number of ether oxygens (including phenoxy) is 1. The molecule has 2 atom stereocenters. The minimum atomic E-state index is 0.0158. The molecule has 116 valence electrons. The van der Waals surface area contributed by atoms with Crippen LogP contribution in [0.25, 0.3) is 0 Å². The number of amides is 1. The molecular formula is C16H25N3O2. The van der Waals surface area contributed by atoms with Crippen molar-refractivity contribution in [3.8, 4) is 5.75 Å². The highest BCUT2D eigenvalue weighted by Crippen LogP contribution is 2.30. The quantitative estimate of drug-likeness (QED) is 0.901. The van der Waals surface area contributed by atoms with Crippen LogP contribution >= 0.6 is 0 Å². The standard InChI is InChI=1S/C16H25N3O2/c1-3-19(14-7-5-4-6-12(14)10-17)16(20)13-8-9-18-11-15(13)21-2/h8-9,11-12,14H,3-7,10,17H2,1-2H3. The molecule has 0 spiro atoms. The normalized spacial score (nSPS) is 21.9. The van der Waals surface area contributed by atoms with Gasteiger partial charge in [0, 0.05) is 18.8 Å². The summed E-state index contributed by atoms with van der Waals surface area (Å²) in [6, 6.07) is 1.96. The van der Waals surface area contributed by atoms with Gasteiger partial charge in [-0.15, -0.1) is 0 Å². The molecule has 5 heteroatoms. The van der Waals surface area contributed by atoms with Gasteiger partial charge in [0.25, 0.3) is 5.91 Å². The van der Waals surface area contributed by atoms with Crippen LogP contribution in [-0.4, -0.2) is 42.0 Å². The number of aromatic nitrogens is 1. The molecule has 1 aliphatic carbocycles. The average Bonchev–Trinajstić information content (AvgIpc) is 2.55. The molecule has 1 saturated carbocycles. The molecule has 1 aromatic rings. The van der Waals surface area contributed by atoms with E-state index in [1.807, 2.05) is 11.8 Å². The molecule has 1 amide bonds. The minimum absolute atomic E-state index is 0.0158. The third-order valence-corrected chi connectivity index (χ3v) is 4.41. The number of hydrogen-bond acceptors (Lipinski definition) is 4. The summed E-state index contributed by atoms with van der Waals surface area (Å²) in [7, 11) is 1.56. The Morgan fingerprint density at radius 1 is 1.48 bits per heavy atom. The first kappa shape index (κ1) is 15.8. The van der Waals surface area contributed by atoms with Gasteiger partial charge in [0.15, 0.2) is 0 Å². The second-order valence-corrected chi connectivity index (χ2v) is 5.51. The van der Waals surface area contributed by atoms with E-state index in [0.29, 0.717) is 30.3 Å². The maximum Gasteiger partial charge on any atom is 0.257 e. The third kappa shape index (κ3) is 3.35. The second kappa shape index (κ2) is 7.41. The lowest BCUT2D eigenvalue weighted by Gasteiger charge is -2.39. The van der Waals surface area contributed by atoms with Crippen LogP contribution in [0.3, 0.4) is 0 Å². The number of nitrogens with two attached hydrogens (primary N) is 1. The van der Waals surface area contributed by atoms with Gasteiger partial charge in [-0.2, -0.15) is 0 Å². The Labute approximate surface area is 126 Å². The summed E-state index contributed by atoms with van der Waals surface area (Å²) in [5.74, 6) is 0.943. The molecule has 21 heavy (non-hydrogen) atoms. The highest BCUT2D eigenvalue weighted by Gasteiger charge is 2.32. The highest BCUT2D eigenvalue weighted by atomic mass is 16.5. The molecule has 0 bridgehead atoms.